The van der Waals surface area contributed by atoms with Crippen molar-refractivity contribution in [2.75, 3.05) is 9.80 Å². The summed E-state index contributed by atoms with van der Waals surface area (Å²) >= 11 is 0. The van der Waals surface area contributed by atoms with Gasteiger partial charge in [0.1, 0.15) is 0 Å². The second-order valence-electron chi connectivity index (χ2n) is 8.43. The third kappa shape index (κ3) is 3.06. The average molecular weight is 578 g/mol. The van der Waals surface area contributed by atoms with E-state index in [1.807, 2.05) is 0 Å². The Bertz CT molecular complexity index is 926. The van der Waals surface area contributed by atoms with E-state index in [2.05, 4.69) is 119 Å². The smallest absolute Gasteiger partial charge is 0.504 e. The van der Waals surface area contributed by atoms with Crippen LogP contribution in [-0.2, 0) is 21.1 Å². The zero-order valence-corrected chi connectivity index (χ0v) is 19.7. The Hall–Kier alpha value is -1.97. The first kappa shape index (κ1) is 19.0. The number of benzene rings is 2. The quantitative estimate of drug-likeness (QED) is 0.353. The number of hydrogen-bond acceptors (Lipinski definition) is 4. The summed E-state index contributed by atoms with van der Waals surface area (Å²) in [5.41, 5.74) is 2.22. The van der Waals surface area contributed by atoms with Crippen LogP contribution in [-0.4, -0.2) is 30.0 Å². The van der Waals surface area contributed by atoms with Gasteiger partial charge in [-0.2, -0.15) is 72.2 Å². The molecule has 2 aromatic carbocycles. The Kier molecular flexibility index (Phi) is 4.45. The molecule has 3 aliphatic heterocycles. The van der Waals surface area contributed by atoms with Crippen LogP contribution in [0.25, 0.3) is 0 Å². The summed E-state index contributed by atoms with van der Waals surface area (Å²) in [5, 5.41) is 2.61. The molecule has 1 saturated carbocycles. The summed E-state index contributed by atoms with van der Waals surface area (Å²) < 4.78 is 0. The molecule has 0 spiro atoms. The van der Waals surface area contributed by atoms with Crippen molar-refractivity contribution in [2.45, 2.75) is 31.6 Å². The maximum Gasteiger partial charge on any atom is 4.00 e. The largest absolute Gasteiger partial charge is 4.00 e. The first-order valence-electron chi connectivity index (χ1n) is 9.83. The van der Waals surface area contributed by atoms with Gasteiger partial charge in [0, 0.05) is 12.1 Å². The predicted molar refractivity (Wildman–Crippen MR) is 115 cm³/mol. The molecule has 1 aliphatic carbocycles. The fraction of sp³-hybridized carbons (Fsp3) is 0.217. The molecule has 0 saturated heterocycles. The van der Waals surface area contributed by atoms with Gasteiger partial charge in [0.2, 0.25) is 0 Å². The third-order valence-electron chi connectivity index (χ3n) is 6.27. The second-order valence-corrected chi connectivity index (χ2v) is 12.8. The van der Waals surface area contributed by atoms with E-state index in [-0.39, 0.29) is 21.1 Å². The molecule has 0 aromatic heterocycles. The molecule has 2 aromatic rings. The number of fused-ring (bicyclic) bond motifs is 13. The number of hydrogen-bond donors (Lipinski definition) is 0. The summed E-state index contributed by atoms with van der Waals surface area (Å²) in [6, 6.07) is 21.5. The summed E-state index contributed by atoms with van der Waals surface area (Å²) in [6.07, 6.45) is 9.83. The Morgan fingerprint density at radius 2 is 1.28 bits per heavy atom. The molecule has 3 heterocycles. The van der Waals surface area contributed by atoms with Crippen LogP contribution in [0.2, 0.25) is 13.1 Å². The molecule has 4 aliphatic rings. The molecular formula is C23H22N4PtSi. The molecular weight excluding hydrogens is 555 g/mol. The third-order valence-corrected chi connectivity index (χ3v) is 9.54. The predicted octanol–water partition coefficient (Wildman–Crippen LogP) is 2.69. The zero-order valence-electron chi connectivity index (χ0n) is 16.4. The summed E-state index contributed by atoms with van der Waals surface area (Å²) in [4.78, 5) is 9.06. The Morgan fingerprint density at radius 1 is 0.793 bits per heavy atom. The summed E-state index contributed by atoms with van der Waals surface area (Å²) in [6.45, 7) is 9.19. The van der Waals surface area contributed by atoms with Gasteiger partial charge in [0.15, 0.2) is 0 Å². The minimum absolute atomic E-state index is 0. The molecule has 0 radical (unpaired) electrons. The van der Waals surface area contributed by atoms with E-state index >= 15 is 0 Å². The summed E-state index contributed by atoms with van der Waals surface area (Å²) in [7, 11) is -1.91. The Labute approximate surface area is 188 Å². The molecule has 6 heteroatoms. The molecule has 2 atom stereocenters. The zero-order chi connectivity index (χ0) is 18.9. The fourth-order valence-corrected chi connectivity index (χ4v) is 6.51. The Balaban J connectivity index is 0.00000181. The normalized spacial score (nSPS) is 25.3. The van der Waals surface area contributed by atoms with Crippen LogP contribution in [0.15, 0.2) is 61.2 Å². The first-order chi connectivity index (χ1) is 13.6. The maximum atomic E-state index is 3.72. The van der Waals surface area contributed by atoms with Gasteiger partial charge in [-0.3, -0.25) is 0 Å². The van der Waals surface area contributed by atoms with Crippen molar-refractivity contribution in [3.8, 4) is 0 Å². The van der Waals surface area contributed by atoms with Crippen molar-refractivity contribution in [3.05, 3.63) is 86.7 Å². The number of nitrogens with zero attached hydrogens (tertiary/aromatic N) is 4. The van der Waals surface area contributed by atoms with E-state index in [9.17, 15) is 0 Å². The molecule has 29 heavy (non-hydrogen) atoms. The van der Waals surface area contributed by atoms with Crippen molar-refractivity contribution >= 4 is 29.8 Å². The van der Waals surface area contributed by atoms with Crippen molar-refractivity contribution in [2.24, 2.45) is 0 Å². The van der Waals surface area contributed by atoms with Crippen molar-refractivity contribution in [1.82, 2.24) is 9.80 Å². The molecule has 6 rings (SSSR count). The molecule has 8 bridgehead atoms. The van der Waals surface area contributed by atoms with Gasteiger partial charge in [0.05, 0.1) is 8.07 Å². The van der Waals surface area contributed by atoms with Crippen LogP contribution in [0.1, 0.15) is 6.42 Å². The van der Waals surface area contributed by atoms with Gasteiger partial charge in [-0.1, -0.05) is 13.1 Å². The molecule has 4 nitrogen and oxygen atoms in total. The van der Waals surface area contributed by atoms with Gasteiger partial charge in [-0.05, 0) is 31.2 Å². The van der Waals surface area contributed by atoms with Crippen LogP contribution in [0.4, 0.5) is 11.4 Å². The van der Waals surface area contributed by atoms with Gasteiger partial charge in [0.25, 0.3) is 0 Å². The molecule has 1 fully saturated rings. The van der Waals surface area contributed by atoms with E-state index in [0.29, 0.717) is 12.1 Å². The molecule has 0 N–H and O–H groups in total. The van der Waals surface area contributed by atoms with Crippen LogP contribution in [0.5, 0.6) is 0 Å². The average Bonchev–Trinajstić information content (AvgIpc) is 3.15. The van der Waals surface area contributed by atoms with Gasteiger partial charge in [-0.25, -0.2) is 0 Å². The molecule has 148 valence electrons. The molecule has 2 unspecified atom stereocenters. The fourth-order valence-electron chi connectivity index (χ4n) is 4.31. The van der Waals surface area contributed by atoms with E-state index in [1.165, 1.54) is 10.4 Å². The molecule has 0 amide bonds. The maximum absolute atomic E-state index is 3.72. The standard InChI is InChI=1S/C23H22N4Si.Pt/c1-28(2)20-7-3-5-18(13-20)24-9-11-26(16-24)22-15-23(22)27-12-10-25(17-27)19-6-4-8-21(28)14-19;/h3-12,16-17,22-23H,15H2,1-2H3;/q-4;+4. The van der Waals surface area contributed by atoms with E-state index in [4.69, 9.17) is 0 Å². The van der Waals surface area contributed by atoms with Crippen molar-refractivity contribution in [3.63, 3.8) is 0 Å². The second kappa shape index (κ2) is 6.78. The minimum Gasteiger partial charge on any atom is -0.504 e. The van der Waals surface area contributed by atoms with E-state index in [0.717, 1.165) is 17.8 Å². The van der Waals surface area contributed by atoms with Crippen LogP contribution >= 0.6 is 0 Å². The van der Waals surface area contributed by atoms with Crippen molar-refractivity contribution < 1.29 is 21.1 Å². The SMILES string of the molecule is C[Si]1(C)c2[c-]c(ccc2)N2C=CN([CH-]2)C2CC2N2C=CN([CH-]2)c2[c-]c1ccc2.[Pt+4]. The van der Waals surface area contributed by atoms with Gasteiger partial charge in [-0.15, -0.1) is 11.4 Å². The first-order valence-corrected chi connectivity index (χ1v) is 12.8. The number of rotatable bonds is 0. The van der Waals surface area contributed by atoms with Crippen LogP contribution < -0.4 is 20.2 Å². The topological polar surface area (TPSA) is 13.0 Å². The van der Waals surface area contributed by atoms with Gasteiger partial charge >= 0.3 is 21.1 Å². The van der Waals surface area contributed by atoms with Crippen LogP contribution in [0.3, 0.4) is 0 Å². The number of anilines is 2. The van der Waals surface area contributed by atoms with E-state index in [1.54, 1.807) is 0 Å². The van der Waals surface area contributed by atoms with Crippen molar-refractivity contribution in [1.29, 1.82) is 0 Å². The summed E-state index contributed by atoms with van der Waals surface area (Å²) in [5.74, 6) is 0. The van der Waals surface area contributed by atoms with E-state index < -0.39 is 8.07 Å². The van der Waals surface area contributed by atoms with Gasteiger partial charge < -0.3 is 19.6 Å². The minimum atomic E-state index is -1.91. The monoisotopic (exact) mass is 577 g/mol. The Morgan fingerprint density at radius 3 is 1.76 bits per heavy atom. The van der Waals surface area contributed by atoms with Crippen LogP contribution in [0, 0.1) is 25.5 Å².